The van der Waals surface area contributed by atoms with Crippen molar-refractivity contribution in [3.05, 3.63) is 34.9 Å². The lowest BCUT2D eigenvalue weighted by Gasteiger charge is -2.25. The van der Waals surface area contributed by atoms with Crippen LogP contribution in [0.4, 0.5) is 0 Å². The zero-order chi connectivity index (χ0) is 12.1. The van der Waals surface area contributed by atoms with Gasteiger partial charge in [-0.05, 0) is 30.5 Å². The Bertz CT molecular complexity index is 314. The molecule has 0 bridgehead atoms. The predicted molar refractivity (Wildman–Crippen MR) is 76.0 cm³/mol. The number of hydrogen-bond donors (Lipinski definition) is 2. The fourth-order valence-electron chi connectivity index (χ4n) is 1.62. The van der Waals surface area contributed by atoms with Crippen LogP contribution in [-0.4, -0.2) is 17.8 Å². The van der Waals surface area contributed by atoms with Gasteiger partial charge in [-0.25, -0.2) is 0 Å². The Labute approximate surface area is 115 Å². The highest BCUT2D eigenvalue weighted by Gasteiger charge is 2.15. The minimum absolute atomic E-state index is 0. The van der Waals surface area contributed by atoms with Gasteiger partial charge in [0.1, 0.15) is 0 Å². The minimum atomic E-state index is 0. The van der Waals surface area contributed by atoms with E-state index in [1.807, 2.05) is 24.3 Å². The molecule has 0 saturated carbocycles. The summed E-state index contributed by atoms with van der Waals surface area (Å²) in [5.41, 5.74) is 1.18. The molecule has 4 heteroatoms. The van der Waals surface area contributed by atoms with Crippen molar-refractivity contribution in [1.29, 1.82) is 0 Å². The molecule has 0 aliphatic heterocycles. The molecule has 0 radical (unpaired) electrons. The summed E-state index contributed by atoms with van der Waals surface area (Å²) in [7, 11) is 0. The number of aliphatic hydroxyl groups is 1. The number of rotatable bonds is 5. The Kier molecular flexibility index (Phi) is 7.80. The van der Waals surface area contributed by atoms with Crippen molar-refractivity contribution < 1.29 is 5.11 Å². The summed E-state index contributed by atoms with van der Waals surface area (Å²) in [5.74, 6) is 0.416. The SMILES string of the molecule is CC(N[C@H](CO)C(C)C)c1ccc(Cl)cc1.Cl. The van der Waals surface area contributed by atoms with Crippen LogP contribution in [0.1, 0.15) is 32.4 Å². The Balaban J connectivity index is 0.00000256. The van der Waals surface area contributed by atoms with E-state index in [0.29, 0.717) is 5.92 Å². The monoisotopic (exact) mass is 277 g/mol. The topological polar surface area (TPSA) is 32.3 Å². The normalized spacial score (nSPS) is 14.2. The summed E-state index contributed by atoms with van der Waals surface area (Å²) in [6, 6.07) is 8.14. The van der Waals surface area contributed by atoms with Crippen molar-refractivity contribution in [1.82, 2.24) is 5.32 Å². The number of aliphatic hydroxyl groups excluding tert-OH is 1. The third kappa shape index (κ3) is 5.26. The maximum atomic E-state index is 9.25. The van der Waals surface area contributed by atoms with Gasteiger partial charge in [0.2, 0.25) is 0 Å². The smallest absolute Gasteiger partial charge is 0.0587 e. The van der Waals surface area contributed by atoms with Gasteiger partial charge in [-0.15, -0.1) is 12.4 Å². The Hall–Kier alpha value is -0.280. The largest absolute Gasteiger partial charge is 0.395 e. The van der Waals surface area contributed by atoms with Crippen LogP contribution in [0.15, 0.2) is 24.3 Å². The van der Waals surface area contributed by atoms with Crippen LogP contribution < -0.4 is 5.32 Å². The van der Waals surface area contributed by atoms with E-state index < -0.39 is 0 Å². The molecule has 0 aliphatic rings. The zero-order valence-electron chi connectivity index (χ0n) is 10.5. The fourth-order valence-corrected chi connectivity index (χ4v) is 1.75. The maximum absolute atomic E-state index is 9.25. The highest BCUT2D eigenvalue weighted by molar-refractivity contribution is 6.30. The highest BCUT2D eigenvalue weighted by Crippen LogP contribution is 2.17. The van der Waals surface area contributed by atoms with Crippen LogP contribution in [0, 0.1) is 5.92 Å². The van der Waals surface area contributed by atoms with Crippen molar-refractivity contribution >= 4 is 24.0 Å². The molecule has 0 amide bonds. The molecule has 0 aromatic heterocycles. The van der Waals surface area contributed by atoms with Crippen molar-refractivity contribution in [2.24, 2.45) is 5.92 Å². The average Bonchev–Trinajstić information content (AvgIpc) is 2.26. The summed E-state index contributed by atoms with van der Waals surface area (Å²) >= 11 is 5.84. The Morgan fingerprint density at radius 2 is 1.71 bits per heavy atom. The average molecular weight is 278 g/mol. The predicted octanol–water partition coefficient (Wildman–Crippen LogP) is 3.43. The summed E-state index contributed by atoms with van der Waals surface area (Å²) < 4.78 is 0. The highest BCUT2D eigenvalue weighted by atomic mass is 35.5. The van der Waals surface area contributed by atoms with Crippen LogP contribution >= 0.6 is 24.0 Å². The van der Waals surface area contributed by atoms with Gasteiger partial charge in [-0.3, -0.25) is 0 Å². The van der Waals surface area contributed by atoms with Gasteiger partial charge >= 0.3 is 0 Å². The fraction of sp³-hybridized carbons (Fsp3) is 0.538. The lowest BCUT2D eigenvalue weighted by Crippen LogP contribution is -2.38. The minimum Gasteiger partial charge on any atom is -0.395 e. The molecule has 1 unspecified atom stereocenters. The number of nitrogens with one attached hydrogen (secondary N) is 1. The number of benzene rings is 1. The molecule has 0 fully saturated rings. The molecule has 0 aliphatic carbocycles. The molecule has 2 N–H and O–H groups in total. The van der Waals surface area contributed by atoms with Crippen LogP contribution in [0.25, 0.3) is 0 Å². The third-order valence-corrected chi connectivity index (χ3v) is 3.09. The molecule has 1 rings (SSSR count). The van der Waals surface area contributed by atoms with Crippen molar-refractivity contribution in [2.45, 2.75) is 32.9 Å². The molecule has 1 aromatic carbocycles. The second kappa shape index (κ2) is 7.93. The summed E-state index contributed by atoms with van der Waals surface area (Å²) in [6.07, 6.45) is 0. The van der Waals surface area contributed by atoms with Crippen molar-refractivity contribution in [2.75, 3.05) is 6.61 Å². The van der Waals surface area contributed by atoms with Gasteiger partial charge in [-0.1, -0.05) is 37.6 Å². The lowest BCUT2D eigenvalue weighted by atomic mass is 10.0. The molecule has 0 spiro atoms. The zero-order valence-corrected chi connectivity index (χ0v) is 12.1. The van der Waals surface area contributed by atoms with E-state index in [1.54, 1.807) is 0 Å². The Morgan fingerprint density at radius 1 is 1.18 bits per heavy atom. The first-order valence-electron chi connectivity index (χ1n) is 5.67. The molecule has 17 heavy (non-hydrogen) atoms. The first-order chi connectivity index (χ1) is 7.54. The summed E-state index contributed by atoms with van der Waals surface area (Å²) in [4.78, 5) is 0. The number of hydrogen-bond acceptors (Lipinski definition) is 2. The summed E-state index contributed by atoms with van der Waals surface area (Å²) in [5, 5.41) is 13.4. The van der Waals surface area contributed by atoms with E-state index in [4.69, 9.17) is 11.6 Å². The van der Waals surface area contributed by atoms with Gasteiger partial charge in [-0.2, -0.15) is 0 Å². The van der Waals surface area contributed by atoms with Gasteiger partial charge in [0, 0.05) is 17.1 Å². The molecule has 0 saturated heterocycles. The molecule has 0 heterocycles. The van der Waals surface area contributed by atoms with Crippen molar-refractivity contribution in [3.63, 3.8) is 0 Å². The first-order valence-corrected chi connectivity index (χ1v) is 6.04. The van der Waals surface area contributed by atoms with Gasteiger partial charge in [0.15, 0.2) is 0 Å². The first kappa shape index (κ1) is 16.7. The van der Waals surface area contributed by atoms with Crippen molar-refractivity contribution in [3.8, 4) is 0 Å². The quantitative estimate of drug-likeness (QED) is 0.864. The van der Waals surface area contributed by atoms with E-state index in [1.165, 1.54) is 5.56 Å². The Morgan fingerprint density at radius 3 is 2.12 bits per heavy atom. The van der Waals surface area contributed by atoms with E-state index in [0.717, 1.165) is 5.02 Å². The molecule has 2 nitrogen and oxygen atoms in total. The lowest BCUT2D eigenvalue weighted by molar-refractivity contribution is 0.201. The summed E-state index contributed by atoms with van der Waals surface area (Å²) in [6.45, 7) is 6.45. The molecule has 98 valence electrons. The standard InChI is InChI=1S/C13H20ClNO.ClH/c1-9(2)13(8-16)15-10(3)11-4-6-12(14)7-5-11;/h4-7,9-10,13,15-16H,8H2,1-3H3;1H/t10?,13-;/m1./s1. The molecular weight excluding hydrogens is 257 g/mol. The van der Waals surface area contributed by atoms with Crippen LogP contribution in [0.2, 0.25) is 5.02 Å². The molecular formula is C13H21Cl2NO. The van der Waals surface area contributed by atoms with E-state index in [9.17, 15) is 5.11 Å². The van der Waals surface area contributed by atoms with Gasteiger partial charge in [0.05, 0.1) is 6.61 Å². The number of halogens is 2. The molecule has 2 atom stereocenters. The second-order valence-electron chi connectivity index (χ2n) is 4.47. The van der Waals surface area contributed by atoms with Gasteiger partial charge < -0.3 is 10.4 Å². The van der Waals surface area contributed by atoms with Crippen LogP contribution in [-0.2, 0) is 0 Å². The van der Waals surface area contributed by atoms with Crippen LogP contribution in [0.5, 0.6) is 0 Å². The van der Waals surface area contributed by atoms with E-state index >= 15 is 0 Å². The maximum Gasteiger partial charge on any atom is 0.0587 e. The van der Waals surface area contributed by atoms with E-state index in [2.05, 4.69) is 26.1 Å². The molecule has 1 aromatic rings. The second-order valence-corrected chi connectivity index (χ2v) is 4.91. The van der Waals surface area contributed by atoms with Gasteiger partial charge in [0.25, 0.3) is 0 Å². The van der Waals surface area contributed by atoms with Crippen LogP contribution in [0.3, 0.4) is 0 Å². The third-order valence-electron chi connectivity index (χ3n) is 2.84. The van der Waals surface area contributed by atoms with E-state index in [-0.39, 0.29) is 31.1 Å².